The molecular weight excluding hydrogens is 383 g/mol. The normalized spacial score (nSPS) is 24.0. The summed E-state index contributed by atoms with van der Waals surface area (Å²) in [5.74, 6) is 0.583. The predicted octanol–water partition coefficient (Wildman–Crippen LogP) is 3.99. The van der Waals surface area contributed by atoms with Gasteiger partial charge in [0.25, 0.3) is 5.91 Å². The summed E-state index contributed by atoms with van der Waals surface area (Å²) in [4.78, 5) is 28.9. The first-order chi connectivity index (χ1) is 14.5. The lowest BCUT2D eigenvalue weighted by Gasteiger charge is -2.35. The minimum atomic E-state index is -1.12. The van der Waals surface area contributed by atoms with Crippen LogP contribution in [-0.2, 0) is 9.63 Å². The maximum absolute atomic E-state index is 14.1. The van der Waals surface area contributed by atoms with Crippen molar-refractivity contribution in [2.75, 3.05) is 13.1 Å². The number of H-pyrrole nitrogens is 1. The van der Waals surface area contributed by atoms with Gasteiger partial charge in [-0.25, -0.2) is 9.37 Å². The van der Waals surface area contributed by atoms with E-state index in [1.54, 1.807) is 25.1 Å². The predicted molar refractivity (Wildman–Crippen MR) is 112 cm³/mol. The van der Waals surface area contributed by atoms with E-state index in [1.807, 2.05) is 29.2 Å². The van der Waals surface area contributed by atoms with Crippen LogP contribution in [0.1, 0.15) is 43.5 Å². The molecule has 1 aromatic heterocycles. The fourth-order valence-corrected chi connectivity index (χ4v) is 4.38. The molecule has 7 heteroatoms. The molecule has 6 nitrogen and oxygen atoms in total. The number of imidazole rings is 1. The minimum Gasteiger partial charge on any atom is -0.379 e. The van der Waals surface area contributed by atoms with Crippen LogP contribution in [0.2, 0.25) is 0 Å². The highest BCUT2D eigenvalue weighted by molar-refractivity contribution is 6.05. The maximum atomic E-state index is 14.1. The van der Waals surface area contributed by atoms with Crippen LogP contribution in [0, 0.1) is 5.82 Å². The number of amides is 1. The Hall–Kier alpha value is -3.22. The third-order valence-corrected chi connectivity index (χ3v) is 6.00. The smallest absolute Gasteiger partial charge is 0.269 e. The van der Waals surface area contributed by atoms with E-state index >= 15 is 0 Å². The van der Waals surface area contributed by atoms with E-state index in [0.29, 0.717) is 24.4 Å². The van der Waals surface area contributed by atoms with Crippen molar-refractivity contribution >= 4 is 22.7 Å². The summed E-state index contributed by atoms with van der Waals surface area (Å²) < 4.78 is 14.1. The average Bonchev–Trinajstić information content (AvgIpc) is 3.38. The molecule has 2 aliphatic rings. The van der Waals surface area contributed by atoms with Crippen LogP contribution in [-0.4, -0.2) is 45.2 Å². The van der Waals surface area contributed by atoms with Crippen LogP contribution in [0.15, 0.2) is 53.7 Å². The van der Waals surface area contributed by atoms with Gasteiger partial charge in [-0.1, -0.05) is 35.5 Å². The molecule has 0 saturated carbocycles. The number of rotatable bonds is 3. The highest BCUT2D eigenvalue weighted by Crippen LogP contribution is 2.33. The topological polar surface area (TPSA) is 70.6 Å². The lowest BCUT2D eigenvalue weighted by atomic mass is 9.91. The highest BCUT2D eigenvalue weighted by Gasteiger charge is 2.46. The molecule has 2 unspecified atom stereocenters. The first kappa shape index (κ1) is 18.8. The SMILES string of the molecule is CC1(C(=O)N2CCCC(c3nc4ccccc4[nH]3)C2)CC(c2ccccc2F)=NO1. The fraction of sp³-hybridized carbons (Fsp3) is 0.348. The highest BCUT2D eigenvalue weighted by atomic mass is 19.1. The first-order valence-electron chi connectivity index (χ1n) is 10.3. The van der Waals surface area contributed by atoms with Crippen molar-refractivity contribution in [3.05, 3.63) is 65.7 Å². The fourth-order valence-electron chi connectivity index (χ4n) is 4.38. The summed E-state index contributed by atoms with van der Waals surface area (Å²) in [5.41, 5.74) is 1.67. The zero-order chi connectivity index (χ0) is 20.7. The van der Waals surface area contributed by atoms with Gasteiger partial charge >= 0.3 is 0 Å². The van der Waals surface area contributed by atoms with Crippen molar-refractivity contribution in [3.63, 3.8) is 0 Å². The number of carbonyl (C=O) groups is 1. The Balaban J connectivity index is 1.32. The van der Waals surface area contributed by atoms with E-state index in [-0.39, 0.29) is 24.1 Å². The van der Waals surface area contributed by atoms with Crippen LogP contribution in [0.3, 0.4) is 0 Å². The number of piperidine rings is 1. The number of aromatic nitrogens is 2. The molecule has 0 radical (unpaired) electrons. The summed E-state index contributed by atoms with van der Waals surface area (Å²) >= 11 is 0. The van der Waals surface area contributed by atoms with Crippen LogP contribution in [0.5, 0.6) is 0 Å². The van der Waals surface area contributed by atoms with Gasteiger partial charge in [-0.2, -0.15) is 0 Å². The van der Waals surface area contributed by atoms with Gasteiger partial charge in [0.15, 0.2) is 0 Å². The molecule has 0 aliphatic carbocycles. The van der Waals surface area contributed by atoms with E-state index in [1.165, 1.54) is 6.07 Å². The Morgan fingerprint density at radius 1 is 1.23 bits per heavy atom. The van der Waals surface area contributed by atoms with Crippen LogP contribution >= 0.6 is 0 Å². The van der Waals surface area contributed by atoms with E-state index in [9.17, 15) is 9.18 Å². The van der Waals surface area contributed by atoms with Gasteiger partial charge in [-0.15, -0.1) is 0 Å². The zero-order valence-electron chi connectivity index (χ0n) is 16.8. The van der Waals surface area contributed by atoms with Crippen molar-refractivity contribution in [2.45, 2.75) is 37.7 Å². The lowest BCUT2D eigenvalue weighted by molar-refractivity contribution is -0.154. The molecular formula is C23H23FN4O2. The molecule has 2 atom stereocenters. The molecule has 3 heterocycles. The Morgan fingerprint density at radius 3 is 2.87 bits per heavy atom. The number of benzene rings is 2. The molecule has 0 spiro atoms. The number of aromatic amines is 1. The third-order valence-electron chi connectivity index (χ3n) is 6.00. The number of hydrogen-bond donors (Lipinski definition) is 1. The quantitative estimate of drug-likeness (QED) is 0.715. The second-order valence-corrected chi connectivity index (χ2v) is 8.25. The monoisotopic (exact) mass is 406 g/mol. The number of oxime groups is 1. The summed E-state index contributed by atoms with van der Waals surface area (Å²) in [5, 5.41) is 4.05. The van der Waals surface area contributed by atoms with Crippen LogP contribution in [0.25, 0.3) is 11.0 Å². The first-order valence-corrected chi connectivity index (χ1v) is 10.3. The second kappa shape index (κ2) is 7.23. The molecule has 2 aliphatic heterocycles. The maximum Gasteiger partial charge on any atom is 0.269 e. The van der Waals surface area contributed by atoms with Crippen LogP contribution < -0.4 is 0 Å². The number of likely N-dealkylation sites (tertiary alicyclic amines) is 1. The third kappa shape index (κ3) is 3.24. The number of nitrogens with zero attached hydrogens (tertiary/aromatic N) is 3. The molecule has 2 aromatic carbocycles. The van der Waals surface area contributed by atoms with Crippen molar-refractivity contribution in [3.8, 4) is 0 Å². The molecule has 154 valence electrons. The van der Waals surface area contributed by atoms with Gasteiger partial charge in [-0.3, -0.25) is 4.79 Å². The van der Waals surface area contributed by atoms with Gasteiger partial charge in [-0.05, 0) is 38.0 Å². The molecule has 1 saturated heterocycles. The van der Waals surface area contributed by atoms with E-state index in [4.69, 9.17) is 9.82 Å². The largest absolute Gasteiger partial charge is 0.379 e. The molecule has 5 rings (SSSR count). The van der Waals surface area contributed by atoms with Gasteiger partial charge in [0.05, 0.1) is 16.7 Å². The summed E-state index contributed by atoms with van der Waals surface area (Å²) in [7, 11) is 0. The van der Waals surface area contributed by atoms with Gasteiger partial charge < -0.3 is 14.7 Å². The van der Waals surface area contributed by atoms with Gasteiger partial charge in [0.1, 0.15) is 11.6 Å². The molecule has 3 aromatic rings. The Labute approximate surface area is 173 Å². The van der Waals surface area contributed by atoms with E-state index < -0.39 is 5.60 Å². The van der Waals surface area contributed by atoms with E-state index in [0.717, 1.165) is 29.7 Å². The number of carbonyl (C=O) groups excluding carboxylic acids is 1. The number of para-hydroxylation sites is 2. The van der Waals surface area contributed by atoms with Crippen molar-refractivity contribution in [1.29, 1.82) is 0 Å². The Kier molecular flexibility index (Phi) is 4.53. The Morgan fingerprint density at radius 2 is 2.03 bits per heavy atom. The summed E-state index contributed by atoms with van der Waals surface area (Å²) in [6.07, 6.45) is 2.11. The van der Waals surface area contributed by atoms with Gasteiger partial charge in [0, 0.05) is 31.0 Å². The Bertz CT molecular complexity index is 1110. The van der Waals surface area contributed by atoms with E-state index in [2.05, 4.69) is 10.1 Å². The second-order valence-electron chi connectivity index (χ2n) is 8.25. The summed E-state index contributed by atoms with van der Waals surface area (Å²) in [6.45, 7) is 2.98. The summed E-state index contributed by atoms with van der Waals surface area (Å²) in [6, 6.07) is 14.4. The molecule has 1 fully saturated rings. The van der Waals surface area contributed by atoms with Crippen molar-refractivity contribution in [2.24, 2.45) is 5.16 Å². The number of halogens is 1. The zero-order valence-corrected chi connectivity index (χ0v) is 16.8. The average molecular weight is 406 g/mol. The standard InChI is InChI=1S/C23H23FN4O2/c1-23(13-20(27-30-23)16-8-2-3-9-17(16)24)22(29)28-12-6-7-15(14-28)21-25-18-10-4-5-11-19(18)26-21/h2-5,8-11,15H,6-7,12-14H2,1H3,(H,25,26). The molecule has 30 heavy (non-hydrogen) atoms. The minimum absolute atomic E-state index is 0.113. The van der Waals surface area contributed by atoms with Crippen LogP contribution in [0.4, 0.5) is 4.39 Å². The number of nitrogens with one attached hydrogen (secondary N) is 1. The van der Waals surface area contributed by atoms with Gasteiger partial charge in [0.2, 0.25) is 5.60 Å². The number of hydrogen-bond acceptors (Lipinski definition) is 4. The molecule has 0 bridgehead atoms. The molecule has 1 amide bonds. The lowest BCUT2D eigenvalue weighted by Crippen LogP contribution is -2.50. The molecule has 1 N–H and O–H groups in total. The van der Waals surface area contributed by atoms with Crippen molar-refractivity contribution in [1.82, 2.24) is 14.9 Å². The number of fused-ring (bicyclic) bond motifs is 1. The van der Waals surface area contributed by atoms with Crippen molar-refractivity contribution < 1.29 is 14.0 Å².